The van der Waals surface area contributed by atoms with E-state index in [0.29, 0.717) is 6.54 Å². The normalized spacial score (nSPS) is 9.85. The van der Waals surface area contributed by atoms with Gasteiger partial charge in [-0.3, -0.25) is 15.6 Å². The number of carbonyl (C=O) groups excluding carboxylic acids is 2. The van der Waals surface area contributed by atoms with Gasteiger partial charge in [-0.2, -0.15) is 0 Å². The van der Waals surface area contributed by atoms with Crippen LogP contribution in [0.25, 0.3) is 0 Å². The Labute approximate surface area is 161 Å². The van der Waals surface area contributed by atoms with Gasteiger partial charge in [-0.25, -0.2) is 9.18 Å². The standard InChI is InChI=1S/C18H20FN5O2S/c1-12-6-8-13(9-7-12)10-20-17(26)21-11-16(25)23-24-18(27)22-15-5-3-2-4-14(15)19/h2-9H,10-11H2,1H3,(H,23,25)(H2,20,21,26)(H2,22,24,27). The van der Waals surface area contributed by atoms with E-state index in [2.05, 4.69) is 26.8 Å². The number of benzene rings is 2. The molecule has 7 nitrogen and oxygen atoms in total. The second-order valence-electron chi connectivity index (χ2n) is 5.63. The summed E-state index contributed by atoms with van der Waals surface area (Å²) in [6, 6.07) is 13.2. The smallest absolute Gasteiger partial charge is 0.315 e. The monoisotopic (exact) mass is 389 g/mol. The van der Waals surface area contributed by atoms with Crippen LogP contribution in [0, 0.1) is 12.7 Å². The van der Waals surface area contributed by atoms with E-state index >= 15 is 0 Å². The van der Waals surface area contributed by atoms with E-state index in [1.54, 1.807) is 12.1 Å². The number of halogens is 1. The summed E-state index contributed by atoms with van der Waals surface area (Å²) in [5, 5.41) is 7.68. The van der Waals surface area contributed by atoms with Crippen LogP contribution in [-0.2, 0) is 11.3 Å². The van der Waals surface area contributed by atoms with Gasteiger partial charge < -0.3 is 16.0 Å². The molecule has 0 atom stereocenters. The van der Waals surface area contributed by atoms with Gasteiger partial charge in [-0.15, -0.1) is 0 Å². The Hall–Kier alpha value is -3.20. The molecule has 2 rings (SSSR count). The molecule has 0 fully saturated rings. The lowest BCUT2D eigenvalue weighted by Gasteiger charge is -2.12. The molecule has 9 heteroatoms. The van der Waals surface area contributed by atoms with Crippen LogP contribution >= 0.6 is 12.2 Å². The van der Waals surface area contributed by atoms with Crippen molar-refractivity contribution in [3.05, 3.63) is 65.5 Å². The Balaban J connectivity index is 1.63. The third kappa shape index (κ3) is 7.28. The fourth-order valence-corrected chi connectivity index (χ4v) is 2.16. The molecule has 0 saturated carbocycles. The summed E-state index contributed by atoms with van der Waals surface area (Å²) in [6.07, 6.45) is 0. The zero-order valence-corrected chi connectivity index (χ0v) is 15.5. The van der Waals surface area contributed by atoms with Crippen molar-refractivity contribution in [2.75, 3.05) is 11.9 Å². The molecule has 3 amide bonds. The highest BCUT2D eigenvalue weighted by Crippen LogP contribution is 2.11. The van der Waals surface area contributed by atoms with Crippen molar-refractivity contribution < 1.29 is 14.0 Å². The van der Waals surface area contributed by atoms with Gasteiger partial charge in [0.2, 0.25) is 0 Å². The van der Waals surface area contributed by atoms with E-state index in [1.807, 2.05) is 31.2 Å². The minimum absolute atomic E-state index is 0.0114. The maximum atomic E-state index is 13.5. The fourth-order valence-electron chi connectivity index (χ4n) is 2.00. The third-order valence-corrected chi connectivity index (χ3v) is 3.62. The van der Waals surface area contributed by atoms with Gasteiger partial charge in [0.25, 0.3) is 5.91 Å². The molecule has 0 aliphatic carbocycles. The van der Waals surface area contributed by atoms with Crippen molar-refractivity contribution in [3.8, 4) is 0 Å². The molecule has 0 bridgehead atoms. The van der Waals surface area contributed by atoms with E-state index < -0.39 is 17.8 Å². The van der Waals surface area contributed by atoms with E-state index in [-0.39, 0.29) is 17.3 Å². The van der Waals surface area contributed by atoms with Gasteiger partial charge in [0.05, 0.1) is 5.69 Å². The fraction of sp³-hybridized carbons (Fsp3) is 0.167. The van der Waals surface area contributed by atoms with Crippen molar-refractivity contribution >= 4 is 35.0 Å². The zero-order chi connectivity index (χ0) is 19.6. The predicted molar refractivity (Wildman–Crippen MR) is 105 cm³/mol. The lowest BCUT2D eigenvalue weighted by Crippen LogP contribution is -2.49. The number of hydrogen-bond donors (Lipinski definition) is 5. The molecule has 2 aromatic carbocycles. The highest BCUT2D eigenvalue weighted by Gasteiger charge is 2.07. The van der Waals surface area contributed by atoms with Gasteiger partial charge >= 0.3 is 6.03 Å². The first kappa shape index (κ1) is 20.1. The molecule has 0 radical (unpaired) electrons. The van der Waals surface area contributed by atoms with Gasteiger partial charge in [-0.05, 0) is 36.8 Å². The first-order chi connectivity index (χ1) is 12.9. The van der Waals surface area contributed by atoms with Crippen LogP contribution < -0.4 is 26.8 Å². The largest absolute Gasteiger partial charge is 0.334 e. The average Bonchev–Trinajstić information content (AvgIpc) is 2.66. The summed E-state index contributed by atoms with van der Waals surface area (Å²) < 4.78 is 13.5. The molecule has 142 valence electrons. The Morgan fingerprint density at radius 1 is 1.00 bits per heavy atom. The molecular formula is C18H20FN5O2S. The number of amides is 3. The summed E-state index contributed by atoms with van der Waals surface area (Å²) in [5.41, 5.74) is 6.99. The minimum atomic E-state index is -0.516. The van der Waals surface area contributed by atoms with Crippen LogP contribution in [0.2, 0.25) is 0 Å². The zero-order valence-electron chi connectivity index (χ0n) is 14.6. The maximum Gasteiger partial charge on any atom is 0.315 e. The summed E-state index contributed by atoms with van der Waals surface area (Å²) in [4.78, 5) is 23.4. The SMILES string of the molecule is Cc1ccc(CNC(=O)NCC(=O)NNC(=S)Nc2ccccc2F)cc1. The molecule has 2 aromatic rings. The first-order valence-corrected chi connectivity index (χ1v) is 8.52. The topological polar surface area (TPSA) is 94.3 Å². The Kier molecular flexibility index (Phi) is 7.50. The number of para-hydroxylation sites is 1. The number of rotatable bonds is 5. The summed E-state index contributed by atoms with van der Waals surface area (Å²) in [6.45, 7) is 2.08. The van der Waals surface area contributed by atoms with E-state index in [0.717, 1.165) is 11.1 Å². The number of carbonyl (C=O) groups is 2. The molecular weight excluding hydrogens is 369 g/mol. The molecule has 0 aliphatic heterocycles. The van der Waals surface area contributed by atoms with E-state index in [4.69, 9.17) is 12.2 Å². The molecule has 0 aliphatic rings. The highest BCUT2D eigenvalue weighted by molar-refractivity contribution is 7.80. The number of thiocarbonyl (C=S) groups is 1. The summed E-state index contributed by atoms with van der Waals surface area (Å²) >= 11 is 4.95. The van der Waals surface area contributed by atoms with E-state index in [1.165, 1.54) is 12.1 Å². The minimum Gasteiger partial charge on any atom is -0.334 e. The van der Waals surface area contributed by atoms with Gasteiger partial charge in [0, 0.05) is 6.54 Å². The molecule has 0 saturated heterocycles. The molecule has 5 N–H and O–H groups in total. The Morgan fingerprint density at radius 3 is 2.41 bits per heavy atom. The molecule has 0 spiro atoms. The van der Waals surface area contributed by atoms with Crippen LogP contribution in [0.3, 0.4) is 0 Å². The van der Waals surface area contributed by atoms with E-state index in [9.17, 15) is 14.0 Å². The third-order valence-electron chi connectivity index (χ3n) is 3.42. The number of hydrazine groups is 1. The summed E-state index contributed by atoms with van der Waals surface area (Å²) in [7, 11) is 0. The van der Waals surface area contributed by atoms with Gasteiger partial charge in [-0.1, -0.05) is 42.0 Å². The van der Waals surface area contributed by atoms with Crippen molar-refractivity contribution in [1.82, 2.24) is 21.5 Å². The number of urea groups is 1. The van der Waals surface area contributed by atoms with Crippen LogP contribution in [-0.4, -0.2) is 23.6 Å². The van der Waals surface area contributed by atoms with Crippen LogP contribution in [0.4, 0.5) is 14.9 Å². The van der Waals surface area contributed by atoms with Gasteiger partial charge in [0.1, 0.15) is 12.4 Å². The highest BCUT2D eigenvalue weighted by atomic mass is 32.1. The van der Waals surface area contributed by atoms with Crippen molar-refractivity contribution in [2.24, 2.45) is 0 Å². The number of nitrogens with one attached hydrogen (secondary N) is 5. The lowest BCUT2D eigenvalue weighted by molar-refractivity contribution is -0.120. The Bertz CT molecular complexity index is 814. The second kappa shape index (κ2) is 10.1. The van der Waals surface area contributed by atoms with Crippen molar-refractivity contribution in [2.45, 2.75) is 13.5 Å². The van der Waals surface area contributed by atoms with Crippen molar-refractivity contribution in [1.29, 1.82) is 0 Å². The number of anilines is 1. The van der Waals surface area contributed by atoms with Gasteiger partial charge in [0.15, 0.2) is 5.11 Å². The molecule has 0 unspecified atom stereocenters. The predicted octanol–water partition coefficient (Wildman–Crippen LogP) is 1.95. The molecule has 0 aromatic heterocycles. The molecule has 0 heterocycles. The number of hydrogen-bond acceptors (Lipinski definition) is 3. The van der Waals surface area contributed by atoms with Crippen LogP contribution in [0.1, 0.15) is 11.1 Å². The van der Waals surface area contributed by atoms with Crippen LogP contribution in [0.5, 0.6) is 0 Å². The Morgan fingerprint density at radius 2 is 1.70 bits per heavy atom. The van der Waals surface area contributed by atoms with Crippen LogP contribution in [0.15, 0.2) is 48.5 Å². The maximum absolute atomic E-state index is 13.5. The quantitative estimate of drug-likeness (QED) is 0.398. The molecule has 27 heavy (non-hydrogen) atoms. The van der Waals surface area contributed by atoms with Crippen molar-refractivity contribution in [3.63, 3.8) is 0 Å². The first-order valence-electron chi connectivity index (χ1n) is 8.11. The lowest BCUT2D eigenvalue weighted by atomic mass is 10.1. The summed E-state index contributed by atoms with van der Waals surface area (Å²) in [5.74, 6) is -0.988. The number of aryl methyl sites for hydroxylation is 1. The second-order valence-corrected chi connectivity index (χ2v) is 6.04. The average molecular weight is 389 g/mol.